The maximum absolute atomic E-state index is 13.2. The van der Waals surface area contributed by atoms with E-state index < -0.39 is 0 Å². The summed E-state index contributed by atoms with van der Waals surface area (Å²) >= 11 is 0. The first-order valence-electron chi connectivity index (χ1n) is 9.80. The fraction of sp³-hybridized carbons (Fsp3) is 0.292. The molecule has 4 aromatic rings. The minimum absolute atomic E-state index is 0.0848. The van der Waals surface area contributed by atoms with Crippen LogP contribution in [0.15, 0.2) is 51.5 Å². The summed E-state index contributed by atoms with van der Waals surface area (Å²) in [5.41, 5.74) is 3.07. The first kappa shape index (κ1) is 19.4. The van der Waals surface area contributed by atoms with Crippen LogP contribution in [0.4, 0.5) is 8.78 Å². The summed E-state index contributed by atoms with van der Waals surface area (Å²) in [6.07, 6.45) is 5.76. The minimum Gasteiger partial charge on any atom is -0.464 e. The van der Waals surface area contributed by atoms with E-state index in [-0.39, 0.29) is 23.3 Å². The minimum atomic E-state index is -0.300. The zero-order valence-electron chi connectivity index (χ0n) is 16.4. The van der Waals surface area contributed by atoms with E-state index in [1.807, 2.05) is 13.8 Å². The summed E-state index contributed by atoms with van der Waals surface area (Å²) in [5.74, 6) is 0.0754. The number of ketones is 1. The average molecular weight is 396 g/mol. The molecule has 0 spiro atoms. The fourth-order valence-corrected chi connectivity index (χ4v) is 3.93. The quantitative estimate of drug-likeness (QED) is 0.338. The van der Waals surface area contributed by atoms with Gasteiger partial charge >= 0.3 is 0 Å². The van der Waals surface area contributed by atoms with Crippen molar-refractivity contribution in [3.8, 4) is 0 Å². The van der Waals surface area contributed by atoms with Crippen LogP contribution in [0.2, 0.25) is 0 Å². The van der Waals surface area contributed by atoms with Crippen molar-refractivity contribution < 1.29 is 22.4 Å². The van der Waals surface area contributed by atoms with Crippen molar-refractivity contribution in [2.75, 3.05) is 0 Å². The molecule has 29 heavy (non-hydrogen) atoms. The molecule has 0 amide bonds. The van der Waals surface area contributed by atoms with Crippen LogP contribution in [0.5, 0.6) is 0 Å². The lowest BCUT2D eigenvalue weighted by Gasteiger charge is -2.05. The Labute approximate surface area is 167 Å². The second-order valence-corrected chi connectivity index (χ2v) is 7.60. The normalized spacial score (nSPS) is 14.3. The Hall–Kier alpha value is -2.95. The lowest BCUT2D eigenvalue weighted by atomic mass is 9.98. The fourth-order valence-electron chi connectivity index (χ4n) is 3.93. The monoisotopic (exact) mass is 396 g/mol. The van der Waals surface area contributed by atoms with Crippen molar-refractivity contribution in [2.24, 2.45) is 5.92 Å². The number of Topliss-reactive ketones (excluding diaryl/α,β-unsaturated/α-hetero) is 1. The molecule has 1 aliphatic rings. The Morgan fingerprint density at radius 1 is 0.931 bits per heavy atom. The summed E-state index contributed by atoms with van der Waals surface area (Å²) in [4.78, 5) is 12.3. The van der Waals surface area contributed by atoms with Gasteiger partial charge < -0.3 is 8.83 Å². The Balaban J connectivity index is 0.000000159. The number of hydrogen-bond donors (Lipinski definition) is 0. The zero-order chi connectivity index (χ0) is 20.5. The molecule has 2 heterocycles. The number of fused-ring (bicyclic) bond motifs is 2. The largest absolute Gasteiger partial charge is 0.464 e. The van der Waals surface area contributed by atoms with Gasteiger partial charge in [-0.3, -0.25) is 4.79 Å². The lowest BCUT2D eigenvalue weighted by Crippen LogP contribution is -2.11. The van der Waals surface area contributed by atoms with E-state index in [9.17, 15) is 13.6 Å². The van der Waals surface area contributed by atoms with Gasteiger partial charge in [0, 0.05) is 22.3 Å². The predicted molar refractivity (Wildman–Crippen MR) is 108 cm³/mol. The van der Waals surface area contributed by atoms with Crippen molar-refractivity contribution in [3.05, 3.63) is 71.2 Å². The summed E-state index contributed by atoms with van der Waals surface area (Å²) in [7, 11) is 0. The van der Waals surface area contributed by atoms with E-state index in [0.29, 0.717) is 16.7 Å². The molecule has 0 radical (unpaired) electrons. The number of furan rings is 2. The molecule has 1 saturated carbocycles. The van der Waals surface area contributed by atoms with Crippen LogP contribution >= 0.6 is 0 Å². The van der Waals surface area contributed by atoms with Crippen molar-refractivity contribution in [1.82, 2.24) is 0 Å². The maximum atomic E-state index is 13.2. The highest BCUT2D eigenvalue weighted by atomic mass is 19.1. The Morgan fingerprint density at radius 3 is 2.24 bits per heavy atom. The number of carbonyl (C=O) groups is 1. The Kier molecular flexibility index (Phi) is 5.22. The third-order valence-electron chi connectivity index (χ3n) is 5.58. The molecule has 3 nitrogen and oxygen atoms in total. The smallest absolute Gasteiger partial charge is 0.201 e. The molecule has 5 heteroatoms. The van der Waals surface area contributed by atoms with Gasteiger partial charge in [0.15, 0.2) is 5.76 Å². The van der Waals surface area contributed by atoms with Gasteiger partial charge in [-0.05, 0) is 68.7 Å². The highest BCUT2D eigenvalue weighted by Gasteiger charge is 2.28. The predicted octanol–water partition coefficient (Wildman–Crippen LogP) is 7.13. The second kappa shape index (κ2) is 7.82. The van der Waals surface area contributed by atoms with Gasteiger partial charge in [-0.25, -0.2) is 8.78 Å². The van der Waals surface area contributed by atoms with Gasteiger partial charge in [0.2, 0.25) is 5.78 Å². The summed E-state index contributed by atoms with van der Waals surface area (Å²) in [6, 6.07) is 8.88. The second-order valence-electron chi connectivity index (χ2n) is 7.60. The first-order valence-corrected chi connectivity index (χ1v) is 9.80. The Bertz CT molecular complexity index is 1180. The van der Waals surface area contributed by atoms with Crippen molar-refractivity contribution in [3.63, 3.8) is 0 Å². The molecule has 0 unspecified atom stereocenters. The molecule has 1 aliphatic carbocycles. The number of rotatable bonds is 2. The van der Waals surface area contributed by atoms with E-state index in [2.05, 4.69) is 0 Å². The van der Waals surface area contributed by atoms with Gasteiger partial charge in [-0.2, -0.15) is 0 Å². The first-order chi connectivity index (χ1) is 13.9. The molecule has 0 aliphatic heterocycles. The number of aryl methyl sites for hydroxylation is 2. The molecule has 0 saturated heterocycles. The number of halogens is 2. The van der Waals surface area contributed by atoms with Gasteiger partial charge in [-0.15, -0.1) is 0 Å². The van der Waals surface area contributed by atoms with Crippen molar-refractivity contribution in [1.29, 1.82) is 0 Å². The van der Waals surface area contributed by atoms with E-state index in [4.69, 9.17) is 8.83 Å². The number of carbonyl (C=O) groups excluding carboxylic acids is 1. The molecule has 1 fully saturated rings. The summed E-state index contributed by atoms with van der Waals surface area (Å²) in [5, 5.41) is 1.56. The molecule has 150 valence electrons. The molecule has 0 atom stereocenters. The van der Waals surface area contributed by atoms with Gasteiger partial charge in [0.05, 0.1) is 6.26 Å². The SMILES string of the molecule is Cc1c(C(=O)C2CCCC2)oc2ccc(F)cc12.Cc1coc2ccc(F)cc12. The van der Waals surface area contributed by atoms with Crippen LogP contribution in [-0.4, -0.2) is 5.78 Å². The maximum Gasteiger partial charge on any atom is 0.201 e. The summed E-state index contributed by atoms with van der Waals surface area (Å²) in [6.45, 7) is 3.72. The van der Waals surface area contributed by atoms with E-state index >= 15 is 0 Å². The van der Waals surface area contributed by atoms with Gasteiger partial charge in [0.1, 0.15) is 22.8 Å². The highest BCUT2D eigenvalue weighted by molar-refractivity contribution is 6.01. The zero-order valence-corrected chi connectivity index (χ0v) is 16.4. The van der Waals surface area contributed by atoms with Gasteiger partial charge in [-0.1, -0.05) is 12.8 Å². The van der Waals surface area contributed by atoms with Crippen LogP contribution in [0.3, 0.4) is 0 Å². The molecule has 5 rings (SSSR count). The van der Waals surface area contributed by atoms with E-state index in [1.54, 1.807) is 18.4 Å². The average Bonchev–Trinajstić information content (AvgIpc) is 3.43. The van der Waals surface area contributed by atoms with Crippen LogP contribution in [0, 0.1) is 31.4 Å². The van der Waals surface area contributed by atoms with Crippen molar-refractivity contribution >= 4 is 27.7 Å². The topological polar surface area (TPSA) is 43.4 Å². The third-order valence-corrected chi connectivity index (χ3v) is 5.58. The number of benzene rings is 2. The molecular weight excluding hydrogens is 374 g/mol. The standard InChI is InChI=1S/C15H15FO2.C9H7FO/c1-9-12-8-11(16)6-7-13(12)18-15(9)14(17)10-4-2-3-5-10;1-6-5-11-9-3-2-7(10)4-8(6)9/h6-8,10H,2-5H2,1H3;2-5H,1H3. The van der Waals surface area contributed by atoms with Crippen LogP contribution in [0.1, 0.15) is 47.4 Å². The van der Waals surface area contributed by atoms with Crippen LogP contribution in [0.25, 0.3) is 21.9 Å². The summed E-state index contributed by atoms with van der Waals surface area (Å²) < 4.78 is 36.6. The Morgan fingerprint density at radius 2 is 1.55 bits per heavy atom. The van der Waals surface area contributed by atoms with Gasteiger partial charge in [0.25, 0.3) is 0 Å². The molecular formula is C24H22F2O3. The van der Waals surface area contributed by atoms with Crippen molar-refractivity contribution in [2.45, 2.75) is 39.5 Å². The molecule has 2 aromatic heterocycles. The third kappa shape index (κ3) is 3.82. The van der Waals surface area contributed by atoms with E-state index in [0.717, 1.165) is 47.8 Å². The van der Waals surface area contributed by atoms with E-state index in [1.165, 1.54) is 24.3 Å². The lowest BCUT2D eigenvalue weighted by molar-refractivity contribution is 0.0896. The molecule has 0 bridgehead atoms. The molecule has 0 N–H and O–H groups in total. The highest BCUT2D eigenvalue weighted by Crippen LogP contribution is 2.33. The number of hydrogen-bond acceptors (Lipinski definition) is 3. The molecule has 2 aromatic carbocycles. The van der Waals surface area contributed by atoms with Crippen LogP contribution < -0.4 is 0 Å². The van der Waals surface area contributed by atoms with Crippen LogP contribution in [-0.2, 0) is 0 Å².